The first kappa shape index (κ1) is 29.4. The molecule has 0 spiro atoms. The maximum absolute atomic E-state index is 14.2. The number of carbonyl (C=O) groups is 4. The summed E-state index contributed by atoms with van der Waals surface area (Å²) in [6, 6.07) is 16.3. The van der Waals surface area contributed by atoms with Gasteiger partial charge in [0.15, 0.2) is 0 Å². The molecule has 12 nitrogen and oxygen atoms in total. The fraction of sp³-hybridized carbons (Fsp3) is 0.242. The van der Waals surface area contributed by atoms with E-state index >= 15 is 0 Å². The number of amides is 2. The summed E-state index contributed by atoms with van der Waals surface area (Å²) < 4.78 is 1.27. The number of fused-ring (bicyclic) bond motifs is 1. The van der Waals surface area contributed by atoms with Crippen LogP contribution in [0.3, 0.4) is 0 Å². The maximum atomic E-state index is 14.2. The highest BCUT2D eigenvalue weighted by Crippen LogP contribution is 2.39. The van der Waals surface area contributed by atoms with Crippen LogP contribution >= 0.6 is 0 Å². The van der Waals surface area contributed by atoms with Gasteiger partial charge in [-0.1, -0.05) is 42.0 Å². The molecule has 3 aromatic carbocycles. The Kier molecular flexibility index (Phi) is 7.49. The van der Waals surface area contributed by atoms with E-state index in [1.54, 1.807) is 11.8 Å². The second-order valence-corrected chi connectivity index (χ2v) is 11.1. The number of aryl methyl sites for hydroxylation is 2. The minimum Gasteiger partial charge on any atom is -0.481 e. The molecular formula is C33H29N5O7. The van der Waals surface area contributed by atoms with Gasteiger partial charge in [-0.05, 0) is 56.5 Å². The number of aliphatic carboxylic acids is 2. The van der Waals surface area contributed by atoms with Gasteiger partial charge in [0.2, 0.25) is 6.17 Å². The van der Waals surface area contributed by atoms with Crippen LogP contribution in [0.15, 0.2) is 70.5 Å². The van der Waals surface area contributed by atoms with Crippen LogP contribution in [0.5, 0.6) is 0 Å². The number of nitrogens with one attached hydrogen (secondary N) is 1. The van der Waals surface area contributed by atoms with Gasteiger partial charge < -0.3 is 20.4 Å². The first-order valence-corrected chi connectivity index (χ1v) is 14.4. The van der Waals surface area contributed by atoms with Gasteiger partial charge in [0, 0.05) is 29.7 Å². The summed E-state index contributed by atoms with van der Waals surface area (Å²) in [7, 11) is 0. The molecule has 3 heterocycles. The van der Waals surface area contributed by atoms with Gasteiger partial charge in [0.25, 0.3) is 17.4 Å². The number of carbonyl (C=O) groups excluding carboxylic acids is 2. The molecule has 0 fully saturated rings. The highest BCUT2D eigenvalue weighted by molar-refractivity contribution is 6.20. The lowest BCUT2D eigenvalue weighted by atomic mass is 9.96. The number of carboxylic acids is 2. The van der Waals surface area contributed by atoms with Crippen LogP contribution in [-0.4, -0.2) is 61.8 Å². The van der Waals surface area contributed by atoms with E-state index in [4.69, 9.17) is 10.1 Å². The number of benzene rings is 3. The minimum absolute atomic E-state index is 0.0402. The molecule has 2 unspecified atom stereocenters. The molecule has 0 aliphatic carbocycles. The smallest absolute Gasteiger partial charge is 0.326 e. The van der Waals surface area contributed by atoms with Crippen molar-refractivity contribution >= 4 is 46.1 Å². The largest absolute Gasteiger partial charge is 0.481 e. The summed E-state index contributed by atoms with van der Waals surface area (Å²) in [5.41, 5.74) is 4.79. The molecule has 0 saturated carbocycles. The Hall–Kier alpha value is -5.65. The van der Waals surface area contributed by atoms with Gasteiger partial charge in [0.1, 0.15) is 11.9 Å². The van der Waals surface area contributed by atoms with Crippen LogP contribution in [0.2, 0.25) is 0 Å². The highest BCUT2D eigenvalue weighted by atomic mass is 16.4. The van der Waals surface area contributed by atoms with Crippen LogP contribution in [0.4, 0.5) is 5.69 Å². The van der Waals surface area contributed by atoms with E-state index in [9.17, 15) is 29.1 Å². The SMILES string of the molecule is Cc1cc2c3c(c1)C(c1ccccc1)=NC(n1c(C)nc4cc(C(=O)NC(CCC(=O)O)C(=O)O)ccc4c1=O)C(=O)N3CC2. The van der Waals surface area contributed by atoms with Crippen LogP contribution in [0.25, 0.3) is 10.9 Å². The summed E-state index contributed by atoms with van der Waals surface area (Å²) >= 11 is 0. The van der Waals surface area contributed by atoms with Gasteiger partial charge in [-0.3, -0.25) is 23.7 Å². The first-order valence-electron chi connectivity index (χ1n) is 14.4. The zero-order valence-corrected chi connectivity index (χ0v) is 24.5. The first-order chi connectivity index (χ1) is 21.5. The lowest BCUT2D eigenvalue weighted by Crippen LogP contribution is -2.41. The zero-order chi connectivity index (χ0) is 32.0. The minimum atomic E-state index is -1.41. The van der Waals surface area contributed by atoms with Gasteiger partial charge in [-0.2, -0.15) is 0 Å². The number of hydrogen-bond acceptors (Lipinski definition) is 7. The topological polar surface area (TPSA) is 171 Å². The molecule has 1 aromatic heterocycles. The molecule has 2 atom stereocenters. The predicted molar refractivity (Wildman–Crippen MR) is 165 cm³/mol. The van der Waals surface area contributed by atoms with Crippen molar-refractivity contribution in [1.29, 1.82) is 0 Å². The van der Waals surface area contributed by atoms with E-state index in [-0.39, 0.29) is 34.6 Å². The van der Waals surface area contributed by atoms with E-state index in [1.165, 1.54) is 22.8 Å². The fourth-order valence-corrected chi connectivity index (χ4v) is 5.99. The summed E-state index contributed by atoms with van der Waals surface area (Å²) in [6.45, 7) is 4.04. The Morgan fingerprint density at radius 1 is 1.02 bits per heavy atom. The summed E-state index contributed by atoms with van der Waals surface area (Å²) in [4.78, 5) is 74.8. The Labute approximate surface area is 256 Å². The summed E-state index contributed by atoms with van der Waals surface area (Å²) in [5.74, 6) is -3.46. The standard InChI is InChI=1S/C33H29N5O7/c1-17-14-20-12-13-37-28(20)23(15-17)27(19-6-4-3-5-7-19)36-29(32(37)43)38-18(2)34-25-16-21(8-9-22(25)31(38)42)30(41)35-24(33(44)45)10-11-26(39)40/h3-9,14-16,24,29H,10-13H2,1-2H3,(H,35,41)(H,39,40)(H,44,45). The third kappa shape index (κ3) is 5.35. The lowest BCUT2D eigenvalue weighted by Gasteiger charge is -2.23. The number of carboxylic acid groups (broad SMARTS) is 2. The van der Waals surface area contributed by atoms with Crippen LogP contribution in [0, 0.1) is 13.8 Å². The second kappa shape index (κ2) is 11.5. The van der Waals surface area contributed by atoms with Gasteiger partial charge >= 0.3 is 11.9 Å². The Morgan fingerprint density at radius 3 is 2.49 bits per heavy atom. The molecule has 4 aromatic rings. The van der Waals surface area contributed by atoms with Crippen LogP contribution < -0.4 is 15.8 Å². The van der Waals surface area contributed by atoms with Crippen molar-refractivity contribution in [1.82, 2.24) is 14.9 Å². The van der Waals surface area contributed by atoms with Crippen molar-refractivity contribution in [3.05, 3.63) is 105 Å². The number of aliphatic imine (C=N–C) groups is 1. The Morgan fingerprint density at radius 2 is 1.78 bits per heavy atom. The van der Waals surface area contributed by atoms with Gasteiger partial charge in [0.05, 0.1) is 22.3 Å². The number of anilines is 1. The quantitative estimate of drug-likeness (QED) is 0.274. The van der Waals surface area contributed by atoms with Crippen molar-refractivity contribution < 1.29 is 29.4 Å². The molecule has 0 bridgehead atoms. The van der Waals surface area contributed by atoms with Crippen molar-refractivity contribution in [2.45, 2.75) is 45.3 Å². The number of rotatable bonds is 8. The van der Waals surface area contributed by atoms with Crippen molar-refractivity contribution in [2.75, 3.05) is 11.4 Å². The van der Waals surface area contributed by atoms with Gasteiger partial charge in [-0.15, -0.1) is 0 Å². The third-order valence-corrected chi connectivity index (χ3v) is 8.08. The maximum Gasteiger partial charge on any atom is 0.326 e. The number of aromatic nitrogens is 2. The van der Waals surface area contributed by atoms with Crippen LogP contribution in [0.1, 0.15) is 57.4 Å². The summed E-state index contributed by atoms with van der Waals surface area (Å²) in [6.07, 6.45) is -1.29. The zero-order valence-electron chi connectivity index (χ0n) is 24.5. The molecule has 0 radical (unpaired) electrons. The number of nitrogens with zero attached hydrogens (tertiary/aromatic N) is 4. The molecule has 2 amide bonds. The van der Waals surface area contributed by atoms with Gasteiger partial charge in [-0.25, -0.2) is 14.8 Å². The molecule has 6 rings (SSSR count). The summed E-state index contributed by atoms with van der Waals surface area (Å²) in [5, 5.41) is 20.8. The van der Waals surface area contributed by atoms with E-state index in [0.29, 0.717) is 18.7 Å². The van der Waals surface area contributed by atoms with Crippen molar-refractivity contribution in [2.24, 2.45) is 4.99 Å². The molecule has 3 N–H and O–H groups in total. The molecule has 2 aliphatic rings. The van der Waals surface area contributed by atoms with E-state index in [2.05, 4.69) is 16.4 Å². The molecule has 12 heteroatoms. The monoisotopic (exact) mass is 607 g/mol. The lowest BCUT2D eigenvalue weighted by molar-refractivity contribution is -0.140. The van der Waals surface area contributed by atoms with Crippen LogP contribution in [-0.2, 0) is 20.8 Å². The Bertz CT molecular complexity index is 2000. The molecule has 2 aliphatic heterocycles. The number of hydrogen-bond donors (Lipinski definition) is 3. The Balaban J connectivity index is 1.43. The molecule has 45 heavy (non-hydrogen) atoms. The van der Waals surface area contributed by atoms with Crippen molar-refractivity contribution in [3.8, 4) is 0 Å². The second-order valence-electron chi connectivity index (χ2n) is 11.1. The van der Waals surface area contributed by atoms with E-state index in [1.807, 2.05) is 43.3 Å². The average Bonchev–Trinajstić information content (AvgIpc) is 3.39. The van der Waals surface area contributed by atoms with E-state index < -0.39 is 42.0 Å². The fourth-order valence-electron chi connectivity index (χ4n) is 5.99. The normalized spacial score (nSPS) is 16.1. The molecular weight excluding hydrogens is 578 g/mol. The van der Waals surface area contributed by atoms with E-state index in [0.717, 1.165) is 27.9 Å². The predicted octanol–water partition coefficient (Wildman–Crippen LogP) is 3.00. The van der Waals surface area contributed by atoms with Crippen molar-refractivity contribution in [3.63, 3.8) is 0 Å². The average molecular weight is 608 g/mol. The molecule has 0 saturated heterocycles. The molecule has 228 valence electrons. The third-order valence-electron chi connectivity index (χ3n) is 8.08. The highest BCUT2D eigenvalue weighted by Gasteiger charge is 2.38.